The van der Waals surface area contributed by atoms with Gasteiger partial charge in [0.1, 0.15) is 5.82 Å². The van der Waals surface area contributed by atoms with Gasteiger partial charge >= 0.3 is 0 Å². The summed E-state index contributed by atoms with van der Waals surface area (Å²) in [6.07, 6.45) is 4.30. The van der Waals surface area contributed by atoms with Gasteiger partial charge in [0.25, 0.3) is 0 Å². The van der Waals surface area contributed by atoms with Crippen LogP contribution in [0, 0.1) is 6.92 Å². The number of nitrogens with zero attached hydrogens (tertiary/aromatic N) is 3. The van der Waals surface area contributed by atoms with Crippen LogP contribution in [0.2, 0.25) is 0 Å². The lowest BCUT2D eigenvalue weighted by Crippen LogP contribution is -2.28. The first-order valence-corrected chi connectivity index (χ1v) is 8.81. The fourth-order valence-electron chi connectivity index (χ4n) is 2.27. The van der Waals surface area contributed by atoms with Crippen molar-refractivity contribution in [2.75, 3.05) is 13.6 Å². The molecule has 0 amide bonds. The van der Waals surface area contributed by atoms with Crippen molar-refractivity contribution in [3.8, 4) is 0 Å². The van der Waals surface area contributed by atoms with Gasteiger partial charge in [-0.25, -0.2) is 17.7 Å². The average molecular weight is 335 g/mol. The monoisotopic (exact) mass is 335 g/mol. The summed E-state index contributed by atoms with van der Waals surface area (Å²) in [7, 11) is -1.97. The van der Waals surface area contributed by atoms with Gasteiger partial charge in [0.2, 0.25) is 10.0 Å². The Morgan fingerprint density at radius 3 is 2.43 bits per heavy atom. The molecule has 1 aromatic carbocycles. The van der Waals surface area contributed by atoms with Crippen molar-refractivity contribution in [3.63, 3.8) is 0 Å². The third kappa shape index (κ3) is 4.05. The second-order valence-electron chi connectivity index (χ2n) is 5.43. The van der Waals surface area contributed by atoms with Crippen LogP contribution < -0.4 is 0 Å². The molecule has 1 heterocycles. The van der Waals surface area contributed by atoms with Crippen molar-refractivity contribution >= 4 is 15.8 Å². The molecule has 0 radical (unpaired) electrons. The van der Waals surface area contributed by atoms with Crippen LogP contribution in [-0.4, -0.2) is 41.6 Å². The number of carbonyl (C=O) groups excluding carboxylic acids is 1. The fraction of sp³-hybridized carbons (Fsp3) is 0.375. The molecule has 124 valence electrons. The number of hydrogen-bond donors (Lipinski definition) is 0. The first-order chi connectivity index (χ1) is 10.8. The summed E-state index contributed by atoms with van der Waals surface area (Å²) < 4.78 is 28.3. The zero-order valence-electron chi connectivity index (χ0n) is 13.6. The standard InChI is InChI=1S/C16H21N3O3S/c1-13(20)15-5-7-16(8-6-15)23(21,22)18(3)10-4-11-19-12-9-17-14(19)2/h5-9,12H,4,10-11H2,1-3H3. The summed E-state index contributed by atoms with van der Waals surface area (Å²) in [6.45, 7) is 4.49. The topological polar surface area (TPSA) is 72.3 Å². The van der Waals surface area contributed by atoms with Crippen LogP contribution in [0.3, 0.4) is 0 Å². The highest BCUT2D eigenvalue weighted by atomic mass is 32.2. The van der Waals surface area contributed by atoms with Gasteiger partial charge in [0, 0.05) is 38.1 Å². The zero-order valence-corrected chi connectivity index (χ0v) is 14.4. The third-order valence-corrected chi connectivity index (χ3v) is 5.64. The van der Waals surface area contributed by atoms with Crippen molar-refractivity contribution < 1.29 is 13.2 Å². The van der Waals surface area contributed by atoms with Gasteiger partial charge in [0.05, 0.1) is 4.90 Å². The Morgan fingerprint density at radius 2 is 1.91 bits per heavy atom. The predicted molar refractivity (Wildman–Crippen MR) is 87.8 cm³/mol. The van der Waals surface area contributed by atoms with E-state index in [0.29, 0.717) is 18.5 Å². The molecule has 0 aliphatic carbocycles. The number of aromatic nitrogens is 2. The number of benzene rings is 1. The number of sulfonamides is 1. The van der Waals surface area contributed by atoms with Crippen molar-refractivity contribution in [3.05, 3.63) is 48.0 Å². The van der Waals surface area contributed by atoms with E-state index in [4.69, 9.17) is 0 Å². The summed E-state index contributed by atoms with van der Waals surface area (Å²) in [5.74, 6) is 0.827. The molecule has 0 spiro atoms. The minimum atomic E-state index is -3.54. The lowest BCUT2D eigenvalue weighted by molar-refractivity contribution is 0.101. The molecule has 2 aromatic rings. The van der Waals surface area contributed by atoms with E-state index in [1.54, 1.807) is 13.2 Å². The first kappa shape index (κ1) is 17.4. The smallest absolute Gasteiger partial charge is 0.242 e. The van der Waals surface area contributed by atoms with E-state index < -0.39 is 10.0 Å². The molecule has 0 saturated heterocycles. The Bertz CT molecular complexity index is 779. The summed E-state index contributed by atoms with van der Waals surface area (Å²) in [5.41, 5.74) is 0.502. The van der Waals surface area contributed by atoms with Gasteiger partial charge in [-0.15, -0.1) is 0 Å². The molecule has 0 atom stereocenters. The second-order valence-corrected chi connectivity index (χ2v) is 7.47. The Morgan fingerprint density at radius 1 is 1.26 bits per heavy atom. The molecule has 0 fully saturated rings. The van der Waals surface area contributed by atoms with Crippen LogP contribution in [0.1, 0.15) is 29.5 Å². The number of ketones is 1. The Hall–Kier alpha value is -1.99. The summed E-state index contributed by atoms with van der Waals surface area (Å²) in [5, 5.41) is 0. The minimum absolute atomic E-state index is 0.0852. The number of aryl methyl sites for hydroxylation is 2. The number of Topliss-reactive ketones (excluding diaryl/α,β-unsaturated/α-hetero) is 1. The summed E-state index contributed by atoms with van der Waals surface area (Å²) >= 11 is 0. The van der Waals surface area contributed by atoms with Crippen molar-refractivity contribution in [1.82, 2.24) is 13.9 Å². The van der Waals surface area contributed by atoms with E-state index in [2.05, 4.69) is 4.98 Å². The van der Waals surface area contributed by atoms with Crippen LogP contribution in [0.15, 0.2) is 41.6 Å². The number of hydrogen-bond acceptors (Lipinski definition) is 4. The van der Waals surface area contributed by atoms with Gasteiger partial charge in [-0.1, -0.05) is 12.1 Å². The highest BCUT2D eigenvalue weighted by molar-refractivity contribution is 7.89. The Balaban J connectivity index is 2.00. The van der Waals surface area contributed by atoms with Gasteiger partial charge in [-0.3, -0.25) is 4.79 Å². The maximum Gasteiger partial charge on any atom is 0.242 e. The zero-order chi connectivity index (χ0) is 17.0. The third-order valence-electron chi connectivity index (χ3n) is 3.76. The normalized spacial score (nSPS) is 11.8. The number of carbonyl (C=O) groups is 1. The molecular formula is C16H21N3O3S. The molecule has 0 bridgehead atoms. The van der Waals surface area contributed by atoms with E-state index in [1.807, 2.05) is 17.7 Å². The molecule has 6 nitrogen and oxygen atoms in total. The minimum Gasteiger partial charge on any atom is -0.335 e. The largest absolute Gasteiger partial charge is 0.335 e. The van der Waals surface area contributed by atoms with Gasteiger partial charge < -0.3 is 4.57 Å². The van der Waals surface area contributed by atoms with Crippen LogP contribution in [-0.2, 0) is 16.6 Å². The molecule has 0 aliphatic heterocycles. The molecule has 7 heteroatoms. The Labute approximate surface area is 136 Å². The quantitative estimate of drug-likeness (QED) is 0.727. The van der Waals surface area contributed by atoms with Crippen LogP contribution >= 0.6 is 0 Å². The Kier molecular flexibility index (Phi) is 5.33. The highest BCUT2D eigenvalue weighted by Gasteiger charge is 2.20. The maximum absolute atomic E-state index is 12.5. The molecule has 0 aliphatic rings. The molecule has 23 heavy (non-hydrogen) atoms. The SMILES string of the molecule is CC(=O)c1ccc(S(=O)(=O)N(C)CCCn2ccnc2C)cc1. The van der Waals surface area contributed by atoms with E-state index in [-0.39, 0.29) is 10.7 Å². The van der Waals surface area contributed by atoms with E-state index in [0.717, 1.165) is 12.4 Å². The molecule has 0 unspecified atom stereocenters. The summed E-state index contributed by atoms with van der Waals surface area (Å²) in [4.78, 5) is 15.6. The predicted octanol–water partition coefficient (Wildman–Crippen LogP) is 2.10. The summed E-state index contributed by atoms with van der Waals surface area (Å²) in [6, 6.07) is 6.03. The van der Waals surface area contributed by atoms with Crippen molar-refractivity contribution in [2.45, 2.75) is 31.7 Å². The van der Waals surface area contributed by atoms with Gasteiger partial charge in [-0.05, 0) is 32.4 Å². The first-order valence-electron chi connectivity index (χ1n) is 7.37. The van der Waals surface area contributed by atoms with Crippen molar-refractivity contribution in [2.24, 2.45) is 0 Å². The van der Waals surface area contributed by atoms with Gasteiger partial charge in [0.15, 0.2) is 5.78 Å². The molecule has 0 saturated carbocycles. The van der Waals surface area contributed by atoms with Crippen molar-refractivity contribution in [1.29, 1.82) is 0 Å². The fourth-order valence-corrected chi connectivity index (χ4v) is 3.47. The number of imidazole rings is 1. The highest BCUT2D eigenvalue weighted by Crippen LogP contribution is 2.16. The molecule has 0 N–H and O–H groups in total. The lowest BCUT2D eigenvalue weighted by Gasteiger charge is -2.17. The maximum atomic E-state index is 12.5. The van der Waals surface area contributed by atoms with Crippen LogP contribution in [0.5, 0.6) is 0 Å². The second kappa shape index (κ2) is 7.06. The van der Waals surface area contributed by atoms with Crippen LogP contribution in [0.25, 0.3) is 0 Å². The van der Waals surface area contributed by atoms with E-state index in [1.165, 1.54) is 35.5 Å². The lowest BCUT2D eigenvalue weighted by atomic mass is 10.2. The molecule has 2 rings (SSSR count). The van der Waals surface area contributed by atoms with Gasteiger partial charge in [-0.2, -0.15) is 0 Å². The molecular weight excluding hydrogens is 314 g/mol. The van der Waals surface area contributed by atoms with E-state index in [9.17, 15) is 13.2 Å². The van der Waals surface area contributed by atoms with E-state index >= 15 is 0 Å². The van der Waals surface area contributed by atoms with Crippen LogP contribution in [0.4, 0.5) is 0 Å². The number of rotatable bonds is 7. The average Bonchev–Trinajstić information content (AvgIpc) is 2.92. The molecule has 1 aromatic heterocycles.